The predicted octanol–water partition coefficient (Wildman–Crippen LogP) is 2.31. The normalized spacial score (nSPS) is 19.0. The maximum Gasteiger partial charge on any atom is 0.238 e. The van der Waals surface area contributed by atoms with Gasteiger partial charge in [0.1, 0.15) is 6.07 Å². The van der Waals surface area contributed by atoms with Gasteiger partial charge in [-0.05, 0) is 38.0 Å². The van der Waals surface area contributed by atoms with E-state index in [1.54, 1.807) is 18.2 Å². The van der Waals surface area contributed by atoms with E-state index in [1.165, 1.54) is 0 Å². The number of ether oxygens (including phenoxy) is 1. The first-order chi connectivity index (χ1) is 10.1. The van der Waals surface area contributed by atoms with E-state index in [1.807, 2.05) is 13.0 Å². The number of halogens is 1. The molecule has 1 aliphatic rings. The van der Waals surface area contributed by atoms with Gasteiger partial charge >= 0.3 is 0 Å². The lowest BCUT2D eigenvalue weighted by molar-refractivity contribution is -0.115. The van der Waals surface area contributed by atoms with Gasteiger partial charge in [0.25, 0.3) is 0 Å². The number of hydrogen-bond acceptors (Lipinski definition) is 4. The molecule has 1 amide bonds. The molecule has 1 heterocycles. The number of anilines is 1. The van der Waals surface area contributed by atoms with E-state index < -0.39 is 0 Å². The average molecular weight is 308 g/mol. The summed E-state index contributed by atoms with van der Waals surface area (Å²) < 4.78 is 5.56. The lowest BCUT2D eigenvalue weighted by Crippen LogP contribution is -2.41. The van der Waals surface area contributed by atoms with Crippen LogP contribution < -0.4 is 10.6 Å². The number of nitrogens with one attached hydrogen (secondary N) is 2. The van der Waals surface area contributed by atoms with Gasteiger partial charge in [0, 0.05) is 17.7 Å². The molecule has 2 atom stereocenters. The third-order valence-electron chi connectivity index (χ3n) is 3.48. The number of amides is 1. The number of carbonyl (C=O) groups excluding carboxylic acids is 1. The monoisotopic (exact) mass is 307 g/mol. The van der Waals surface area contributed by atoms with E-state index in [0.29, 0.717) is 16.3 Å². The summed E-state index contributed by atoms with van der Waals surface area (Å²) in [7, 11) is 0. The van der Waals surface area contributed by atoms with Crippen LogP contribution in [0.1, 0.15) is 25.3 Å². The van der Waals surface area contributed by atoms with Crippen molar-refractivity contribution in [3.63, 3.8) is 0 Å². The molecule has 0 unspecified atom stereocenters. The molecule has 2 N–H and O–H groups in total. The quantitative estimate of drug-likeness (QED) is 0.875. The minimum absolute atomic E-state index is 0.119. The van der Waals surface area contributed by atoms with Gasteiger partial charge < -0.3 is 15.4 Å². The molecule has 6 heteroatoms. The standard InChI is InChI=1S/C15H18ClN3O2/c1-10(14-3-2-6-21-14)18-9-15(20)19-13-7-12(16)5-4-11(13)8-17/h4-5,7,10,14,18H,2-3,6,9H2,1H3,(H,19,20)/t10-,14+/m1/s1. The Morgan fingerprint density at radius 1 is 1.62 bits per heavy atom. The Morgan fingerprint density at radius 3 is 3.10 bits per heavy atom. The lowest BCUT2D eigenvalue weighted by Gasteiger charge is -2.19. The minimum atomic E-state index is -0.210. The summed E-state index contributed by atoms with van der Waals surface area (Å²) in [4.78, 5) is 11.9. The summed E-state index contributed by atoms with van der Waals surface area (Å²) in [5, 5.41) is 15.3. The number of carbonyl (C=O) groups is 1. The van der Waals surface area contributed by atoms with Crippen molar-refractivity contribution in [3.05, 3.63) is 28.8 Å². The van der Waals surface area contributed by atoms with Crippen molar-refractivity contribution in [1.82, 2.24) is 5.32 Å². The highest BCUT2D eigenvalue weighted by Gasteiger charge is 2.22. The van der Waals surface area contributed by atoms with Crippen LogP contribution in [0.15, 0.2) is 18.2 Å². The molecule has 5 nitrogen and oxygen atoms in total. The first kappa shape index (κ1) is 15.8. The summed E-state index contributed by atoms with van der Waals surface area (Å²) in [5.41, 5.74) is 0.821. The van der Waals surface area contributed by atoms with E-state index in [0.717, 1.165) is 19.4 Å². The van der Waals surface area contributed by atoms with Gasteiger partial charge in [0.05, 0.1) is 23.9 Å². The summed E-state index contributed by atoms with van der Waals surface area (Å²) in [6.45, 7) is 2.96. The number of rotatable bonds is 5. The van der Waals surface area contributed by atoms with E-state index in [-0.39, 0.29) is 24.6 Å². The molecule has 112 valence electrons. The molecule has 0 aliphatic carbocycles. The predicted molar refractivity (Wildman–Crippen MR) is 81.2 cm³/mol. The Balaban J connectivity index is 1.87. The third-order valence-corrected chi connectivity index (χ3v) is 3.72. The number of hydrogen-bond donors (Lipinski definition) is 2. The Hall–Kier alpha value is -1.61. The van der Waals surface area contributed by atoms with Crippen LogP contribution in [0.2, 0.25) is 5.02 Å². The zero-order chi connectivity index (χ0) is 15.2. The van der Waals surface area contributed by atoms with E-state index in [2.05, 4.69) is 10.6 Å². The van der Waals surface area contributed by atoms with Crippen molar-refractivity contribution in [3.8, 4) is 6.07 Å². The average Bonchev–Trinajstić information content (AvgIpc) is 2.99. The molecule has 2 rings (SSSR count). The molecule has 0 saturated carbocycles. The molecule has 0 spiro atoms. The highest BCUT2D eigenvalue weighted by Crippen LogP contribution is 2.20. The molecule has 1 aromatic carbocycles. The second kappa shape index (κ2) is 7.41. The highest BCUT2D eigenvalue weighted by atomic mass is 35.5. The van der Waals surface area contributed by atoms with Crippen LogP contribution in [0.25, 0.3) is 0 Å². The highest BCUT2D eigenvalue weighted by molar-refractivity contribution is 6.31. The maximum absolute atomic E-state index is 11.9. The van der Waals surface area contributed by atoms with Crippen LogP contribution in [0.3, 0.4) is 0 Å². The molecule has 0 bridgehead atoms. The Labute approximate surface area is 129 Å². The van der Waals surface area contributed by atoms with Gasteiger partial charge in [-0.1, -0.05) is 11.6 Å². The summed E-state index contributed by atoms with van der Waals surface area (Å²) in [6, 6.07) is 6.92. The van der Waals surface area contributed by atoms with Gasteiger partial charge in [-0.25, -0.2) is 0 Å². The van der Waals surface area contributed by atoms with E-state index in [4.69, 9.17) is 21.6 Å². The molecule has 1 fully saturated rings. The van der Waals surface area contributed by atoms with E-state index >= 15 is 0 Å². The molecular formula is C15H18ClN3O2. The van der Waals surface area contributed by atoms with Crippen molar-refractivity contribution in [2.24, 2.45) is 0 Å². The smallest absolute Gasteiger partial charge is 0.238 e. The van der Waals surface area contributed by atoms with Gasteiger partial charge in [-0.15, -0.1) is 0 Å². The van der Waals surface area contributed by atoms with Crippen molar-refractivity contribution in [2.45, 2.75) is 31.9 Å². The van der Waals surface area contributed by atoms with Crippen molar-refractivity contribution in [1.29, 1.82) is 5.26 Å². The Kier molecular flexibility index (Phi) is 5.57. The van der Waals surface area contributed by atoms with Gasteiger partial charge in [0.2, 0.25) is 5.91 Å². The largest absolute Gasteiger partial charge is 0.377 e. The first-order valence-corrected chi connectivity index (χ1v) is 7.32. The first-order valence-electron chi connectivity index (χ1n) is 6.94. The van der Waals surface area contributed by atoms with Crippen LogP contribution in [0.5, 0.6) is 0 Å². The molecule has 1 saturated heterocycles. The fourth-order valence-corrected chi connectivity index (χ4v) is 2.47. The SMILES string of the molecule is C[C@@H](NCC(=O)Nc1cc(Cl)ccc1C#N)[C@@H]1CCCO1. The molecule has 0 aromatic heterocycles. The molecule has 21 heavy (non-hydrogen) atoms. The van der Waals surface area contributed by atoms with Crippen molar-refractivity contribution >= 4 is 23.2 Å². The van der Waals surface area contributed by atoms with Gasteiger partial charge in [-0.3, -0.25) is 4.79 Å². The second-order valence-corrected chi connectivity index (χ2v) is 5.51. The topological polar surface area (TPSA) is 74.2 Å². The lowest BCUT2D eigenvalue weighted by atomic mass is 10.1. The second-order valence-electron chi connectivity index (χ2n) is 5.07. The summed E-state index contributed by atoms with van der Waals surface area (Å²) in [5.74, 6) is -0.210. The molecule has 0 radical (unpaired) electrons. The van der Waals surface area contributed by atoms with E-state index in [9.17, 15) is 4.79 Å². The van der Waals surface area contributed by atoms with Crippen molar-refractivity contribution < 1.29 is 9.53 Å². The number of nitriles is 1. The number of benzene rings is 1. The summed E-state index contributed by atoms with van der Waals surface area (Å²) >= 11 is 5.88. The van der Waals surface area contributed by atoms with Gasteiger partial charge in [0.15, 0.2) is 0 Å². The van der Waals surface area contributed by atoms with Crippen molar-refractivity contribution in [2.75, 3.05) is 18.5 Å². The fraction of sp³-hybridized carbons (Fsp3) is 0.467. The summed E-state index contributed by atoms with van der Waals surface area (Å²) in [6.07, 6.45) is 2.25. The van der Waals surface area contributed by atoms with Crippen LogP contribution in [-0.2, 0) is 9.53 Å². The van der Waals surface area contributed by atoms with Gasteiger partial charge in [-0.2, -0.15) is 5.26 Å². The van der Waals surface area contributed by atoms with Crippen LogP contribution >= 0.6 is 11.6 Å². The van der Waals surface area contributed by atoms with Crippen LogP contribution in [-0.4, -0.2) is 31.2 Å². The zero-order valence-corrected chi connectivity index (χ0v) is 12.6. The number of nitrogens with zero attached hydrogens (tertiary/aromatic N) is 1. The van der Waals surface area contributed by atoms with Crippen LogP contribution in [0.4, 0.5) is 5.69 Å². The molecular weight excluding hydrogens is 290 g/mol. The molecule has 1 aliphatic heterocycles. The van der Waals surface area contributed by atoms with Crippen LogP contribution in [0, 0.1) is 11.3 Å². The Morgan fingerprint density at radius 2 is 2.43 bits per heavy atom. The third kappa shape index (κ3) is 4.43. The molecule has 1 aromatic rings. The Bertz CT molecular complexity index is 550. The fourth-order valence-electron chi connectivity index (χ4n) is 2.29. The zero-order valence-electron chi connectivity index (χ0n) is 11.9. The maximum atomic E-state index is 11.9. The minimum Gasteiger partial charge on any atom is -0.377 e.